The third-order valence-corrected chi connectivity index (χ3v) is 5.27. The largest absolute Gasteiger partial charge is 0.493 e. The van der Waals surface area contributed by atoms with E-state index in [1.807, 2.05) is 24.3 Å². The van der Waals surface area contributed by atoms with Crippen molar-refractivity contribution in [2.45, 2.75) is 18.9 Å². The highest BCUT2D eigenvalue weighted by atomic mass is 16.5. The molecule has 2 heterocycles. The fourth-order valence-corrected chi connectivity index (χ4v) is 3.32. The van der Waals surface area contributed by atoms with Crippen molar-refractivity contribution in [2.24, 2.45) is 5.92 Å². The lowest BCUT2D eigenvalue weighted by Gasteiger charge is -2.39. The standard InChI is InChI=1S/C22H21N3O5/c26-21(16-2-1-3-18(10-16)28-13-14-4-5-14)25-11-19(12-25)29-17-8-6-15(7-9-17)20-23-22(27)30-24-20/h1-3,6-10,14,19H,4-5,11-13H2,(H,23,24,27). The molecule has 154 valence electrons. The molecule has 2 fully saturated rings. The molecule has 1 N–H and O–H groups in total. The normalized spacial score (nSPS) is 16.2. The van der Waals surface area contributed by atoms with Crippen molar-refractivity contribution in [1.82, 2.24) is 15.0 Å². The van der Waals surface area contributed by atoms with Crippen LogP contribution in [0.2, 0.25) is 0 Å². The van der Waals surface area contributed by atoms with Gasteiger partial charge in [-0.25, -0.2) is 4.79 Å². The van der Waals surface area contributed by atoms with E-state index in [9.17, 15) is 9.59 Å². The molecule has 1 aliphatic heterocycles. The highest BCUT2D eigenvalue weighted by Crippen LogP contribution is 2.30. The summed E-state index contributed by atoms with van der Waals surface area (Å²) in [6, 6.07) is 14.5. The van der Waals surface area contributed by atoms with Gasteiger partial charge in [-0.3, -0.25) is 14.3 Å². The van der Waals surface area contributed by atoms with Gasteiger partial charge in [0.1, 0.15) is 17.6 Å². The van der Waals surface area contributed by atoms with Crippen LogP contribution in [0.25, 0.3) is 11.4 Å². The summed E-state index contributed by atoms with van der Waals surface area (Å²) in [7, 11) is 0. The molecule has 30 heavy (non-hydrogen) atoms. The summed E-state index contributed by atoms with van der Waals surface area (Å²) in [4.78, 5) is 28.0. The Morgan fingerprint density at radius 2 is 1.93 bits per heavy atom. The summed E-state index contributed by atoms with van der Waals surface area (Å²) < 4.78 is 16.2. The summed E-state index contributed by atoms with van der Waals surface area (Å²) in [6.07, 6.45) is 2.41. The summed E-state index contributed by atoms with van der Waals surface area (Å²) in [5, 5.41) is 3.65. The average Bonchev–Trinajstić information content (AvgIpc) is 3.47. The second-order valence-electron chi connectivity index (χ2n) is 7.70. The fraction of sp³-hybridized carbons (Fsp3) is 0.318. The lowest BCUT2D eigenvalue weighted by Crippen LogP contribution is -2.56. The zero-order valence-corrected chi connectivity index (χ0v) is 16.2. The number of hydrogen-bond acceptors (Lipinski definition) is 6. The van der Waals surface area contributed by atoms with Crippen LogP contribution in [0.3, 0.4) is 0 Å². The molecule has 2 aromatic carbocycles. The van der Waals surface area contributed by atoms with Crippen LogP contribution in [-0.4, -0.2) is 46.7 Å². The molecular weight excluding hydrogens is 386 g/mol. The number of carbonyl (C=O) groups excluding carboxylic acids is 1. The van der Waals surface area contributed by atoms with Crippen LogP contribution in [0.5, 0.6) is 11.5 Å². The number of hydrogen-bond donors (Lipinski definition) is 1. The second kappa shape index (κ2) is 7.70. The number of nitrogens with zero attached hydrogens (tertiary/aromatic N) is 2. The minimum atomic E-state index is -0.593. The van der Waals surface area contributed by atoms with E-state index >= 15 is 0 Å². The fourth-order valence-electron chi connectivity index (χ4n) is 3.32. The van der Waals surface area contributed by atoms with Crippen LogP contribution in [0.1, 0.15) is 23.2 Å². The number of nitrogens with one attached hydrogen (secondary N) is 1. The molecule has 1 saturated heterocycles. The highest BCUT2D eigenvalue weighted by Gasteiger charge is 2.33. The maximum Gasteiger partial charge on any atom is 0.439 e. The number of ether oxygens (including phenoxy) is 2. The first-order valence-electron chi connectivity index (χ1n) is 9.99. The van der Waals surface area contributed by atoms with Gasteiger partial charge in [0.2, 0.25) is 0 Å². The molecule has 5 rings (SSSR count). The SMILES string of the molecule is O=C(c1cccc(OCC2CC2)c1)N1CC(Oc2ccc(-c3noc(=O)[nH]3)cc2)C1. The average molecular weight is 407 g/mol. The van der Waals surface area contributed by atoms with Crippen molar-refractivity contribution >= 4 is 5.91 Å². The van der Waals surface area contributed by atoms with Crippen molar-refractivity contribution in [3.63, 3.8) is 0 Å². The Morgan fingerprint density at radius 1 is 1.13 bits per heavy atom. The minimum Gasteiger partial charge on any atom is -0.493 e. The molecular formula is C22H21N3O5. The van der Waals surface area contributed by atoms with Gasteiger partial charge in [0.05, 0.1) is 19.7 Å². The Kier molecular flexibility index (Phi) is 4.74. The van der Waals surface area contributed by atoms with Crippen LogP contribution in [0, 0.1) is 5.92 Å². The van der Waals surface area contributed by atoms with E-state index in [1.165, 1.54) is 12.8 Å². The number of amides is 1. The third kappa shape index (κ3) is 4.07. The van der Waals surface area contributed by atoms with Crippen molar-refractivity contribution in [2.75, 3.05) is 19.7 Å². The van der Waals surface area contributed by atoms with Gasteiger partial charge in [0, 0.05) is 11.1 Å². The maximum atomic E-state index is 12.7. The van der Waals surface area contributed by atoms with Gasteiger partial charge >= 0.3 is 5.76 Å². The minimum absolute atomic E-state index is 0.0166. The van der Waals surface area contributed by atoms with Crippen LogP contribution >= 0.6 is 0 Å². The molecule has 1 amide bonds. The Balaban J connectivity index is 1.14. The monoisotopic (exact) mass is 407 g/mol. The Hall–Kier alpha value is -3.55. The van der Waals surface area contributed by atoms with Gasteiger partial charge in [-0.15, -0.1) is 0 Å². The molecule has 0 spiro atoms. The number of aromatic nitrogens is 2. The third-order valence-electron chi connectivity index (χ3n) is 5.27. The first-order chi connectivity index (χ1) is 14.6. The van der Waals surface area contributed by atoms with Crippen LogP contribution in [0.4, 0.5) is 0 Å². The first kappa shape index (κ1) is 18.5. The zero-order valence-electron chi connectivity index (χ0n) is 16.2. The van der Waals surface area contributed by atoms with Crippen molar-refractivity contribution in [1.29, 1.82) is 0 Å². The van der Waals surface area contributed by atoms with Crippen LogP contribution < -0.4 is 15.2 Å². The number of carbonyl (C=O) groups is 1. The molecule has 0 atom stereocenters. The molecule has 2 aliphatic rings. The molecule has 1 aliphatic carbocycles. The van der Waals surface area contributed by atoms with Crippen molar-refractivity contribution in [3.8, 4) is 22.9 Å². The van der Waals surface area contributed by atoms with E-state index in [1.54, 1.807) is 29.2 Å². The first-order valence-corrected chi connectivity index (χ1v) is 9.99. The molecule has 8 nitrogen and oxygen atoms in total. The van der Waals surface area contributed by atoms with E-state index in [2.05, 4.69) is 14.7 Å². The predicted octanol–water partition coefficient (Wildman–Crippen LogP) is 2.72. The van der Waals surface area contributed by atoms with E-state index in [0.29, 0.717) is 36.1 Å². The van der Waals surface area contributed by atoms with E-state index in [-0.39, 0.29) is 12.0 Å². The summed E-state index contributed by atoms with van der Waals surface area (Å²) in [6.45, 7) is 1.79. The van der Waals surface area contributed by atoms with Gasteiger partial charge < -0.3 is 14.4 Å². The molecule has 8 heteroatoms. The van der Waals surface area contributed by atoms with Gasteiger partial charge in [-0.05, 0) is 61.2 Å². The number of H-pyrrole nitrogens is 1. The number of aromatic amines is 1. The van der Waals surface area contributed by atoms with Gasteiger partial charge in [-0.2, -0.15) is 0 Å². The smallest absolute Gasteiger partial charge is 0.439 e. The van der Waals surface area contributed by atoms with E-state index in [0.717, 1.165) is 17.9 Å². The number of rotatable bonds is 7. The summed E-state index contributed by atoms with van der Waals surface area (Å²) in [5.41, 5.74) is 1.36. The Labute approximate surface area is 172 Å². The summed E-state index contributed by atoms with van der Waals surface area (Å²) >= 11 is 0. The van der Waals surface area contributed by atoms with Crippen LogP contribution in [-0.2, 0) is 0 Å². The van der Waals surface area contributed by atoms with Crippen molar-refractivity contribution in [3.05, 3.63) is 64.6 Å². The molecule has 1 saturated carbocycles. The maximum absolute atomic E-state index is 12.7. The van der Waals surface area contributed by atoms with Gasteiger partial charge in [-0.1, -0.05) is 11.2 Å². The summed E-state index contributed by atoms with van der Waals surface area (Å²) in [5.74, 6) is 1.87. The predicted molar refractivity (Wildman–Crippen MR) is 108 cm³/mol. The number of likely N-dealkylation sites (tertiary alicyclic amines) is 1. The number of benzene rings is 2. The zero-order chi connectivity index (χ0) is 20.5. The lowest BCUT2D eigenvalue weighted by atomic mass is 10.1. The molecule has 0 bridgehead atoms. The van der Waals surface area contributed by atoms with Gasteiger partial charge in [0.15, 0.2) is 5.82 Å². The quantitative estimate of drug-likeness (QED) is 0.647. The lowest BCUT2D eigenvalue weighted by molar-refractivity contribution is 0.0178. The van der Waals surface area contributed by atoms with Gasteiger partial charge in [0.25, 0.3) is 5.91 Å². The Morgan fingerprint density at radius 3 is 2.63 bits per heavy atom. The second-order valence-corrected chi connectivity index (χ2v) is 7.70. The molecule has 0 radical (unpaired) electrons. The van der Waals surface area contributed by atoms with Crippen LogP contribution in [0.15, 0.2) is 57.8 Å². The van der Waals surface area contributed by atoms with E-state index in [4.69, 9.17) is 9.47 Å². The Bertz CT molecular complexity index is 1090. The molecule has 3 aromatic rings. The van der Waals surface area contributed by atoms with Crippen molar-refractivity contribution < 1.29 is 18.8 Å². The molecule has 0 unspecified atom stereocenters. The highest BCUT2D eigenvalue weighted by molar-refractivity contribution is 5.95. The topological polar surface area (TPSA) is 97.7 Å². The van der Waals surface area contributed by atoms with E-state index < -0.39 is 5.76 Å². The molecule has 1 aromatic heterocycles.